The molecule has 5 nitrogen and oxygen atoms in total. The van der Waals surface area contributed by atoms with Gasteiger partial charge in [-0.3, -0.25) is 0 Å². The van der Waals surface area contributed by atoms with Crippen LogP contribution in [0.4, 0.5) is 9.18 Å². The maximum absolute atomic E-state index is 13.3. The number of aliphatic carboxylic acids is 1. The van der Waals surface area contributed by atoms with Crippen molar-refractivity contribution >= 4 is 23.6 Å². The van der Waals surface area contributed by atoms with Gasteiger partial charge in [0.2, 0.25) is 0 Å². The molecule has 1 fully saturated rings. The fourth-order valence-corrected chi connectivity index (χ4v) is 2.22. The summed E-state index contributed by atoms with van der Waals surface area (Å²) in [5, 5.41) is 14.2. The van der Waals surface area contributed by atoms with Gasteiger partial charge in [0.15, 0.2) is 0 Å². The molecule has 0 spiro atoms. The number of carboxylic acid groups (broad SMARTS) is 1. The second-order valence-electron chi connectivity index (χ2n) is 5.34. The summed E-state index contributed by atoms with van der Waals surface area (Å²) in [5.74, 6) is -1.67. The van der Waals surface area contributed by atoms with E-state index in [0.29, 0.717) is 5.56 Å². The minimum atomic E-state index is -1.27. The molecule has 1 aliphatic carbocycles. The normalized spacial score (nSPS) is 16.9. The number of urea groups is 1. The van der Waals surface area contributed by atoms with E-state index in [-0.39, 0.29) is 17.5 Å². The lowest BCUT2D eigenvalue weighted by Gasteiger charge is -2.26. The minimum Gasteiger partial charge on any atom is -0.480 e. The third-order valence-electron chi connectivity index (χ3n) is 3.65. The molecule has 2 rings (SSSR count). The summed E-state index contributed by atoms with van der Waals surface area (Å²) in [6.45, 7) is 1.58. The first kappa shape index (κ1) is 15.6. The fraction of sp³-hybridized carbons (Fsp3) is 0.429. The lowest BCUT2D eigenvalue weighted by atomic mass is 9.96. The average Bonchev–Trinajstić information content (AvgIpc) is 3.24. The van der Waals surface area contributed by atoms with E-state index < -0.39 is 23.4 Å². The minimum absolute atomic E-state index is 0.00962. The van der Waals surface area contributed by atoms with Crippen LogP contribution in [-0.4, -0.2) is 22.6 Å². The van der Waals surface area contributed by atoms with Crippen molar-refractivity contribution in [3.05, 3.63) is 34.6 Å². The zero-order valence-corrected chi connectivity index (χ0v) is 12.2. The number of benzene rings is 1. The highest BCUT2D eigenvalue weighted by atomic mass is 35.5. The topological polar surface area (TPSA) is 78.4 Å². The average molecular weight is 315 g/mol. The molecule has 114 valence electrons. The Hall–Kier alpha value is -1.82. The molecule has 1 atom stereocenters. The summed E-state index contributed by atoms with van der Waals surface area (Å²) in [7, 11) is 0. The Bertz CT molecular complexity index is 577. The van der Waals surface area contributed by atoms with E-state index in [1.54, 1.807) is 6.07 Å². The van der Waals surface area contributed by atoms with Crippen LogP contribution in [0.25, 0.3) is 0 Å². The molecule has 3 N–H and O–H groups in total. The highest BCUT2D eigenvalue weighted by Crippen LogP contribution is 2.39. The van der Waals surface area contributed by atoms with Gasteiger partial charge in [0.25, 0.3) is 0 Å². The first-order valence-corrected chi connectivity index (χ1v) is 6.94. The Morgan fingerprint density at radius 2 is 2.14 bits per heavy atom. The Morgan fingerprint density at radius 1 is 1.48 bits per heavy atom. The first-order valence-electron chi connectivity index (χ1n) is 6.56. The van der Waals surface area contributed by atoms with Gasteiger partial charge in [0, 0.05) is 6.54 Å². The van der Waals surface area contributed by atoms with Gasteiger partial charge in [0.05, 0.1) is 5.02 Å². The summed E-state index contributed by atoms with van der Waals surface area (Å²) in [6, 6.07) is 3.61. The number of nitrogens with one attached hydrogen (secondary N) is 2. The maximum Gasteiger partial charge on any atom is 0.329 e. The Balaban J connectivity index is 1.92. The Kier molecular flexibility index (Phi) is 4.37. The monoisotopic (exact) mass is 314 g/mol. The molecule has 1 aromatic rings. The molecule has 1 aliphatic rings. The lowest BCUT2D eigenvalue weighted by Crippen LogP contribution is -2.56. The van der Waals surface area contributed by atoms with E-state index in [0.717, 1.165) is 12.8 Å². The maximum atomic E-state index is 13.3. The van der Waals surface area contributed by atoms with E-state index in [4.69, 9.17) is 11.6 Å². The van der Waals surface area contributed by atoms with E-state index in [9.17, 15) is 19.1 Å². The van der Waals surface area contributed by atoms with Crippen LogP contribution in [0, 0.1) is 11.7 Å². The van der Waals surface area contributed by atoms with Crippen LogP contribution in [-0.2, 0) is 11.3 Å². The number of amides is 2. The van der Waals surface area contributed by atoms with Crippen molar-refractivity contribution in [3.8, 4) is 0 Å². The van der Waals surface area contributed by atoms with Crippen molar-refractivity contribution in [2.75, 3.05) is 0 Å². The van der Waals surface area contributed by atoms with E-state index in [1.165, 1.54) is 19.1 Å². The molecule has 21 heavy (non-hydrogen) atoms. The molecule has 0 aromatic heterocycles. The molecule has 7 heteroatoms. The number of rotatable bonds is 5. The highest BCUT2D eigenvalue weighted by Gasteiger charge is 2.48. The van der Waals surface area contributed by atoms with E-state index in [1.807, 2.05) is 0 Å². The summed E-state index contributed by atoms with van der Waals surface area (Å²) in [5.41, 5.74) is -0.731. The van der Waals surface area contributed by atoms with Crippen molar-refractivity contribution in [1.82, 2.24) is 10.6 Å². The summed E-state index contributed by atoms with van der Waals surface area (Å²) in [4.78, 5) is 23.1. The molecule has 0 radical (unpaired) electrons. The molecule has 0 bridgehead atoms. The number of halogens is 2. The van der Waals surface area contributed by atoms with Crippen molar-refractivity contribution in [2.24, 2.45) is 5.92 Å². The quantitative estimate of drug-likeness (QED) is 0.781. The van der Waals surface area contributed by atoms with E-state index in [2.05, 4.69) is 10.6 Å². The number of hydrogen-bond acceptors (Lipinski definition) is 2. The SMILES string of the molecule is CC(NC(=O)NCc1ccc(Cl)c(F)c1)(C(=O)O)C1CC1. The number of carbonyl (C=O) groups excluding carboxylic acids is 1. The van der Waals surface area contributed by atoms with Crippen LogP contribution in [0.1, 0.15) is 25.3 Å². The third kappa shape index (κ3) is 3.64. The standard InChI is InChI=1S/C14H16ClFN2O3/c1-14(12(19)20,9-3-4-9)18-13(21)17-7-8-2-5-10(15)11(16)6-8/h2,5-6,9H,3-4,7H2,1H3,(H,19,20)(H2,17,18,21). The third-order valence-corrected chi connectivity index (χ3v) is 3.95. The molecular formula is C14H16ClFN2O3. The summed E-state index contributed by atoms with van der Waals surface area (Å²) < 4.78 is 13.3. The van der Waals surface area contributed by atoms with Gasteiger partial charge >= 0.3 is 12.0 Å². The molecule has 2 amide bonds. The molecule has 0 saturated heterocycles. The fourth-order valence-electron chi connectivity index (χ4n) is 2.10. The molecule has 0 aliphatic heterocycles. The van der Waals surface area contributed by atoms with Crippen LogP contribution >= 0.6 is 11.6 Å². The zero-order valence-electron chi connectivity index (χ0n) is 11.5. The van der Waals surface area contributed by atoms with Gasteiger partial charge in [-0.15, -0.1) is 0 Å². The van der Waals surface area contributed by atoms with Crippen LogP contribution < -0.4 is 10.6 Å². The van der Waals surface area contributed by atoms with Crippen molar-refractivity contribution in [2.45, 2.75) is 31.8 Å². The predicted octanol–water partition coefficient (Wildman–Crippen LogP) is 2.53. The lowest BCUT2D eigenvalue weighted by molar-refractivity contribution is -0.144. The van der Waals surface area contributed by atoms with Gasteiger partial charge in [-0.2, -0.15) is 0 Å². The van der Waals surface area contributed by atoms with Crippen molar-refractivity contribution < 1.29 is 19.1 Å². The zero-order chi connectivity index (χ0) is 15.6. The first-order chi connectivity index (χ1) is 9.83. The second kappa shape index (κ2) is 5.89. The Morgan fingerprint density at radius 3 is 2.67 bits per heavy atom. The van der Waals surface area contributed by atoms with Gasteiger partial charge < -0.3 is 15.7 Å². The summed E-state index contributed by atoms with van der Waals surface area (Å²) >= 11 is 5.57. The van der Waals surface area contributed by atoms with Crippen molar-refractivity contribution in [3.63, 3.8) is 0 Å². The van der Waals surface area contributed by atoms with Gasteiger partial charge in [-0.25, -0.2) is 14.0 Å². The van der Waals surface area contributed by atoms with E-state index >= 15 is 0 Å². The largest absolute Gasteiger partial charge is 0.480 e. The van der Waals surface area contributed by atoms with Gasteiger partial charge in [-0.1, -0.05) is 17.7 Å². The number of hydrogen-bond donors (Lipinski definition) is 3. The number of carboxylic acids is 1. The van der Waals surface area contributed by atoms with Gasteiger partial charge in [0.1, 0.15) is 11.4 Å². The molecular weight excluding hydrogens is 299 g/mol. The Labute approximate surface area is 126 Å². The smallest absolute Gasteiger partial charge is 0.329 e. The van der Waals surface area contributed by atoms with Crippen LogP contribution in [0.5, 0.6) is 0 Å². The van der Waals surface area contributed by atoms with Gasteiger partial charge in [-0.05, 0) is 43.4 Å². The van der Waals surface area contributed by atoms with Crippen LogP contribution in [0.2, 0.25) is 5.02 Å². The molecule has 1 unspecified atom stereocenters. The van der Waals surface area contributed by atoms with Crippen LogP contribution in [0.15, 0.2) is 18.2 Å². The number of carbonyl (C=O) groups is 2. The van der Waals surface area contributed by atoms with Crippen molar-refractivity contribution in [1.29, 1.82) is 0 Å². The highest BCUT2D eigenvalue weighted by molar-refractivity contribution is 6.30. The molecule has 1 aromatic carbocycles. The van der Waals surface area contributed by atoms with Crippen LogP contribution in [0.3, 0.4) is 0 Å². The molecule has 1 saturated carbocycles. The predicted molar refractivity (Wildman–Crippen MR) is 75.5 cm³/mol. The summed E-state index contributed by atoms with van der Waals surface area (Å²) in [6.07, 6.45) is 1.57. The second-order valence-corrected chi connectivity index (χ2v) is 5.75. The molecule has 0 heterocycles.